The maximum atomic E-state index is 12.3. The number of hydrogen-bond donors (Lipinski definition) is 2. The molecule has 0 radical (unpaired) electrons. The summed E-state index contributed by atoms with van der Waals surface area (Å²) in [6.45, 7) is 0.260. The number of carbonyl (C=O) groups is 1. The van der Waals surface area contributed by atoms with Crippen molar-refractivity contribution in [3.05, 3.63) is 16.5 Å². The van der Waals surface area contributed by atoms with Crippen LogP contribution in [0.15, 0.2) is 16.3 Å². The van der Waals surface area contributed by atoms with Gasteiger partial charge in [0.2, 0.25) is 0 Å². The van der Waals surface area contributed by atoms with Crippen molar-refractivity contribution in [1.29, 1.82) is 0 Å². The summed E-state index contributed by atoms with van der Waals surface area (Å²) in [5.74, 6) is -0.710. The lowest BCUT2D eigenvalue weighted by Crippen LogP contribution is -2.44. The summed E-state index contributed by atoms with van der Waals surface area (Å²) in [6, 6.07) is 2.05. The fraction of sp³-hybridized carbons (Fsp3) is 0.444. The minimum absolute atomic E-state index is 0.102. The first-order valence-electron chi connectivity index (χ1n) is 5.18. The lowest BCUT2D eigenvalue weighted by Gasteiger charge is -2.21. The summed E-state index contributed by atoms with van der Waals surface area (Å²) in [7, 11) is -3.73. The lowest BCUT2D eigenvalue weighted by atomic mass is 10.2. The van der Waals surface area contributed by atoms with Gasteiger partial charge in [0.05, 0.1) is 4.34 Å². The number of carbonyl (C=O) groups excluding carboxylic acids is 1. The zero-order valence-corrected chi connectivity index (χ0v) is 11.6. The highest BCUT2D eigenvalue weighted by Crippen LogP contribution is 2.32. The second kappa shape index (κ2) is 5.14. The SMILES string of the molecule is O=C(NO)[C@H]1CCCN1S(=O)(=O)c1ccc(Cl)s1. The molecule has 9 heteroatoms. The molecule has 2 heterocycles. The normalized spacial score (nSPS) is 21.1. The second-order valence-corrected chi connectivity index (χ2v) is 7.64. The Labute approximate surface area is 113 Å². The predicted molar refractivity (Wildman–Crippen MR) is 66.2 cm³/mol. The van der Waals surface area contributed by atoms with E-state index in [0.717, 1.165) is 15.6 Å². The first-order chi connectivity index (χ1) is 8.46. The van der Waals surface area contributed by atoms with E-state index in [1.54, 1.807) is 0 Å². The predicted octanol–water partition coefficient (Wildman–Crippen LogP) is 1.06. The molecule has 100 valence electrons. The van der Waals surface area contributed by atoms with Crippen LogP contribution in [0, 0.1) is 0 Å². The molecule has 1 fully saturated rings. The van der Waals surface area contributed by atoms with Gasteiger partial charge in [-0.25, -0.2) is 13.9 Å². The Morgan fingerprint density at radius 2 is 2.28 bits per heavy atom. The minimum atomic E-state index is -3.73. The van der Waals surface area contributed by atoms with Gasteiger partial charge in [-0.2, -0.15) is 4.31 Å². The topological polar surface area (TPSA) is 86.7 Å². The Hall–Kier alpha value is -0.670. The molecule has 2 rings (SSSR count). The molecule has 2 N–H and O–H groups in total. The van der Waals surface area contributed by atoms with Gasteiger partial charge in [0.1, 0.15) is 10.3 Å². The van der Waals surface area contributed by atoms with Crippen LogP contribution < -0.4 is 5.48 Å². The number of nitrogens with one attached hydrogen (secondary N) is 1. The molecule has 1 atom stereocenters. The third-order valence-corrected chi connectivity index (χ3v) is 6.33. The molecule has 1 aromatic heterocycles. The van der Waals surface area contributed by atoms with Gasteiger partial charge in [0.25, 0.3) is 15.9 Å². The second-order valence-electron chi connectivity index (χ2n) is 3.81. The number of amides is 1. The van der Waals surface area contributed by atoms with Crippen molar-refractivity contribution in [1.82, 2.24) is 9.79 Å². The number of hydroxylamine groups is 1. The number of rotatable bonds is 3. The molecular weight excluding hydrogens is 300 g/mol. The molecule has 18 heavy (non-hydrogen) atoms. The monoisotopic (exact) mass is 310 g/mol. The van der Waals surface area contributed by atoms with Crippen LogP contribution in [0.2, 0.25) is 4.34 Å². The Bertz CT molecular complexity index is 557. The Morgan fingerprint density at radius 1 is 1.56 bits per heavy atom. The van der Waals surface area contributed by atoms with E-state index in [-0.39, 0.29) is 10.8 Å². The van der Waals surface area contributed by atoms with Gasteiger partial charge in [-0.05, 0) is 25.0 Å². The van der Waals surface area contributed by atoms with Crippen molar-refractivity contribution in [2.24, 2.45) is 0 Å². The highest BCUT2D eigenvalue weighted by molar-refractivity contribution is 7.91. The molecule has 1 aliphatic rings. The molecule has 0 saturated carbocycles. The van der Waals surface area contributed by atoms with Gasteiger partial charge < -0.3 is 0 Å². The van der Waals surface area contributed by atoms with Gasteiger partial charge in [-0.15, -0.1) is 11.3 Å². The van der Waals surface area contributed by atoms with E-state index in [1.165, 1.54) is 17.6 Å². The van der Waals surface area contributed by atoms with E-state index < -0.39 is 22.0 Å². The molecular formula is C9H11ClN2O4S2. The van der Waals surface area contributed by atoms with Crippen molar-refractivity contribution in [3.8, 4) is 0 Å². The van der Waals surface area contributed by atoms with Crippen LogP contribution in [-0.4, -0.2) is 36.4 Å². The largest absolute Gasteiger partial charge is 0.289 e. The average Bonchev–Trinajstić information content (AvgIpc) is 2.96. The summed E-state index contributed by atoms with van der Waals surface area (Å²) < 4.78 is 26.2. The van der Waals surface area contributed by atoms with Crippen molar-refractivity contribution in [2.45, 2.75) is 23.1 Å². The highest BCUT2D eigenvalue weighted by atomic mass is 35.5. The molecule has 1 aromatic rings. The Balaban J connectivity index is 2.32. The fourth-order valence-electron chi connectivity index (χ4n) is 1.92. The van der Waals surface area contributed by atoms with Gasteiger partial charge in [0, 0.05) is 6.54 Å². The van der Waals surface area contributed by atoms with Crippen LogP contribution in [0.25, 0.3) is 0 Å². The number of sulfonamides is 1. The van der Waals surface area contributed by atoms with Gasteiger partial charge in [-0.3, -0.25) is 10.0 Å². The van der Waals surface area contributed by atoms with Crippen molar-refractivity contribution in [3.63, 3.8) is 0 Å². The minimum Gasteiger partial charge on any atom is -0.289 e. The van der Waals surface area contributed by atoms with E-state index in [9.17, 15) is 13.2 Å². The van der Waals surface area contributed by atoms with E-state index in [0.29, 0.717) is 17.2 Å². The molecule has 0 bridgehead atoms. The molecule has 0 aliphatic carbocycles. The van der Waals surface area contributed by atoms with E-state index in [1.807, 2.05) is 0 Å². The summed E-state index contributed by atoms with van der Waals surface area (Å²) in [4.78, 5) is 11.4. The molecule has 0 aromatic carbocycles. The number of nitrogens with zero attached hydrogens (tertiary/aromatic N) is 1. The van der Waals surface area contributed by atoms with Gasteiger partial charge in [0.15, 0.2) is 0 Å². The van der Waals surface area contributed by atoms with Crippen molar-refractivity contribution >= 4 is 38.9 Å². The van der Waals surface area contributed by atoms with Crippen molar-refractivity contribution in [2.75, 3.05) is 6.54 Å². The van der Waals surface area contributed by atoms with Gasteiger partial charge in [-0.1, -0.05) is 11.6 Å². The average molecular weight is 311 g/mol. The Kier molecular flexibility index (Phi) is 3.93. The van der Waals surface area contributed by atoms with Crippen LogP contribution >= 0.6 is 22.9 Å². The molecule has 6 nitrogen and oxygen atoms in total. The summed E-state index contributed by atoms with van der Waals surface area (Å²) in [5, 5.41) is 8.61. The zero-order chi connectivity index (χ0) is 13.3. The summed E-state index contributed by atoms with van der Waals surface area (Å²) >= 11 is 6.66. The van der Waals surface area contributed by atoms with Crippen LogP contribution in [0.3, 0.4) is 0 Å². The van der Waals surface area contributed by atoms with Crippen LogP contribution in [0.4, 0.5) is 0 Å². The van der Waals surface area contributed by atoms with Crippen LogP contribution in [0.5, 0.6) is 0 Å². The number of hydrogen-bond acceptors (Lipinski definition) is 5. The molecule has 0 spiro atoms. The molecule has 0 unspecified atom stereocenters. The third kappa shape index (κ3) is 2.39. The van der Waals surface area contributed by atoms with Crippen LogP contribution in [0.1, 0.15) is 12.8 Å². The summed E-state index contributed by atoms with van der Waals surface area (Å²) in [5.41, 5.74) is 1.50. The number of halogens is 1. The first kappa shape index (κ1) is 13.8. The first-order valence-corrected chi connectivity index (χ1v) is 7.81. The van der Waals surface area contributed by atoms with Crippen molar-refractivity contribution < 1.29 is 18.4 Å². The summed E-state index contributed by atoms with van der Waals surface area (Å²) in [6.07, 6.45) is 0.973. The molecule has 1 saturated heterocycles. The maximum absolute atomic E-state index is 12.3. The third-order valence-electron chi connectivity index (χ3n) is 2.73. The quantitative estimate of drug-likeness (QED) is 0.645. The fourth-order valence-corrected chi connectivity index (χ4v) is 5.18. The van der Waals surface area contributed by atoms with E-state index in [4.69, 9.17) is 16.8 Å². The smallest absolute Gasteiger partial charge is 0.261 e. The lowest BCUT2D eigenvalue weighted by molar-refractivity contribution is -0.132. The highest BCUT2D eigenvalue weighted by Gasteiger charge is 2.39. The molecule has 1 aliphatic heterocycles. The van der Waals surface area contributed by atoms with E-state index >= 15 is 0 Å². The van der Waals surface area contributed by atoms with E-state index in [2.05, 4.69) is 0 Å². The van der Waals surface area contributed by atoms with Crippen LogP contribution in [-0.2, 0) is 14.8 Å². The zero-order valence-electron chi connectivity index (χ0n) is 9.17. The molecule has 1 amide bonds. The standard InChI is InChI=1S/C9H11ClN2O4S2/c10-7-3-4-8(17-7)18(15,16)12-5-1-2-6(12)9(13)11-14/h3-4,6,14H,1-2,5H2,(H,11,13)/t6-/m1/s1. The number of thiophene rings is 1. The Morgan fingerprint density at radius 3 is 2.83 bits per heavy atom. The van der Waals surface area contributed by atoms with Gasteiger partial charge >= 0.3 is 0 Å². The maximum Gasteiger partial charge on any atom is 0.261 e.